The quantitative estimate of drug-likeness (QED) is 0.739. The molecule has 0 radical (unpaired) electrons. The normalized spacial score (nSPS) is 17.5. The molecule has 5 nitrogen and oxygen atoms in total. The molecule has 2 N–H and O–H groups in total. The molecule has 0 aliphatic carbocycles. The summed E-state index contributed by atoms with van der Waals surface area (Å²) in [5.41, 5.74) is 5.11. The number of hydrogen-bond donors (Lipinski definition) is 1. The molecule has 0 saturated carbocycles. The van der Waals surface area contributed by atoms with Crippen LogP contribution in [0, 0.1) is 5.92 Å². The van der Waals surface area contributed by atoms with E-state index in [1.54, 1.807) is 0 Å². The first-order chi connectivity index (χ1) is 7.99. The first-order valence-corrected chi connectivity index (χ1v) is 6.27. The minimum atomic E-state index is -0.261. The zero-order valence-electron chi connectivity index (χ0n) is 10.8. The fourth-order valence-corrected chi connectivity index (χ4v) is 1.97. The van der Waals surface area contributed by atoms with Crippen molar-refractivity contribution in [2.75, 3.05) is 32.7 Å². The van der Waals surface area contributed by atoms with Crippen LogP contribution in [0.2, 0.25) is 0 Å². The molecule has 2 amide bonds. The van der Waals surface area contributed by atoms with Gasteiger partial charge >= 0.3 is 0 Å². The summed E-state index contributed by atoms with van der Waals surface area (Å²) in [5.74, 6) is 0.397. The Morgan fingerprint density at radius 3 is 2.24 bits per heavy atom. The fourth-order valence-electron chi connectivity index (χ4n) is 1.97. The maximum atomic E-state index is 11.8. The Morgan fingerprint density at radius 1 is 1.18 bits per heavy atom. The van der Waals surface area contributed by atoms with Gasteiger partial charge in [0, 0.05) is 45.6 Å². The van der Waals surface area contributed by atoms with E-state index < -0.39 is 0 Å². The van der Waals surface area contributed by atoms with Crippen molar-refractivity contribution in [3.05, 3.63) is 0 Å². The summed E-state index contributed by atoms with van der Waals surface area (Å²) in [6.07, 6.45) is 1.03. The molecule has 1 rings (SSSR count). The van der Waals surface area contributed by atoms with E-state index in [4.69, 9.17) is 5.73 Å². The highest BCUT2D eigenvalue weighted by molar-refractivity contribution is 5.76. The SMILES string of the molecule is CC(C)CC(=O)N1CCN(CCC(N)=O)CC1. The summed E-state index contributed by atoms with van der Waals surface area (Å²) in [6.45, 7) is 8.05. The van der Waals surface area contributed by atoms with E-state index in [1.807, 2.05) is 4.90 Å². The van der Waals surface area contributed by atoms with E-state index in [2.05, 4.69) is 18.7 Å². The molecule has 0 aromatic heterocycles. The number of hydrogen-bond acceptors (Lipinski definition) is 3. The van der Waals surface area contributed by atoms with Crippen molar-refractivity contribution in [3.63, 3.8) is 0 Å². The van der Waals surface area contributed by atoms with Crippen LogP contribution in [0.1, 0.15) is 26.7 Å². The molecule has 1 aliphatic rings. The van der Waals surface area contributed by atoms with Crippen LogP contribution in [-0.2, 0) is 9.59 Å². The monoisotopic (exact) mass is 241 g/mol. The molecule has 5 heteroatoms. The predicted molar refractivity (Wildman–Crippen MR) is 66.3 cm³/mol. The van der Waals surface area contributed by atoms with Gasteiger partial charge < -0.3 is 10.6 Å². The van der Waals surface area contributed by atoms with Gasteiger partial charge in [-0.1, -0.05) is 13.8 Å². The van der Waals surface area contributed by atoms with E-state index in [1.165, 1.54) is 0 Å². The van der Waals surface area contributed by atoms with Crippen molar-refractivity contribution in [2.45, 2.75) is 26.7 Å². The van der Waals surface area contributed by atoms with Crippen LogP contribution in [0.15, 0.2) is 0 Å². The van der Waals surface area contributed by atoms with Crippen LogP contribution >= 0.6 is 0 Å². The highest BCUT2D eigenvalue weighted by atomic mass is 16.2. The van der Waals surface area contributed by atoms with Gasteiger partial charge in [0.25, 0.3) is 0 Å². The summed E-state index contributed by atoms with van der Waals surface area (Å²) >= 11 is 0. The second-order valence-corrected chi connectivity index (χ2v) is 5.04. The maximum Gasteiger partial charge on any atom is 0.222 e. The minimum Gasteiger partial charge on any atom is -0.370 e. The molecule has 0 spiro atoms. The Morgan fingerprint density at radius 2 is 1.76 bits per heavy atom. The highest BCUT2D eigenvalue weighted by Crippen LogP contribution is 2.08. The Kier molecular flexibility index (Phi) is 5.41. The molecular weight excluding hydrogens is 218 g/mol. The second kappa shape index (κ2) is 6.59. The van der Waals surface area contributed by atoms with Gasteiger partial charge in [0.15, 0.2) is 0 Å². The summed E-state index contributed by atoms with van der Waals surface area (Å²) < 4.78 is 0. The van der Waals surface area contributed by atoms with Crippen LogP contribution in [0.3, 0.4) is 0 Å². The minimum absolute atomic E-state index is 0.245. The standard InChI is InChI=1S/C12H23N3O2/c1-10(2)9-12(17)15-7-5-14(6-8-15)4-3-11(13)16/h10H,3-9H2,1-2H3,(H2,13,16). The molecule has 1 aliphatic heterocycles. The number of carbonyl (C=O) groups excluding carboxylic acids is 2. The lowest BCUT2D eigenvalue weighted by Crippen LogP contribution is -2.49. The Balaban J connectivity index is 2.25. The van der Waals surface area contributed by atoms with Crippen molar-refractivity contribution in [1.29, 1.82) is 0 Å². The van der Waals surface area contributed by atoms with E-state index >= 15 is 0 Å². The number of carbonyl (C=O) groups is 2. The average molecular weight is 241 g/mol. The Bertz CT molecular complexity index is 271. The number of amides is 2. The second-order valence-electron chi connectivity index (χ2n) is 5.04. The summed E-state index contributed by atoms with van der Waals surface area (Å²) in [5, 5.41) is 0. The lowest BCUT2D eigenvalue weighted by atomic mass is 10.1. The first kappa shape index (κ1) is 14.0. The molecule has 1 saturated heterocycles. The van der Waals surface area contributed by atoms with Gasteiger partial charge in [-0.2, -0.15) is 0 Å². The summed E-state index contributed by atoms with van der Waals surface area (Å²) in [4.78, 5) is 26.6. The van der Waals surface area contributed by atoms with Gasteiger partial charge in [-0.25, -0.2) is 0 Å². The van der Waals surface area contributed by atoms with Crippen molar-refractivity contribution >= 4 is 11.8 Å². The maximum absolute atomic E-state index is 11.8. The lowest BCUT2D eigenvalue weighted by Gasteiger charge is -2.34. The molecule has 0 atom stereocenters. The van der Waals surface area contributed by atoms with Crippen LogP contribution in [0.5, 0.6) is 0 Å². The van der Waals surface area contributed by atoms with E-state index in [9.17, 15) is 9.59 Å². The smallest absolute Gasteiger partial charge is 0.222 e. The van der Waals surface area contributed by atoms with E-state index in [-0.39, 0.29) is 11.8 Å². The number of primary amides is 1. The molecule has 1 fully saturated rings. The molecule has 0 aromatic carbocycles. The zero-order chi connectivity index (χ0) is 12.8. The van der Waals surface area contributed by atoms with Crippen LogP contribution in [0.4, 0.5) is 0 Å². The van der Waals surface area contributed by atoms with Gasteiger partial charge in [-0.15, -0.1) is 0 Å². The molecule has 0 aromatic rings. The molecule has 17 heavy (non-hydrogen) atoms. The molecular formula is C12H23N3O2. The average Bonchev–Trinajstić information content (AvgIpc) is 2.26. The van der Waals surface area contributed by atoms with Gasteiger partial charge in [0.05, 0.1) is 0 Å². The van der Waals surface area contributed by atoms with Gasteiger partial charge in [0.1, 0.15) is 0 Å². The third kappa shape index (κ3) is 5.17. The van der Waals surface area contributed by atoms with Crippen molar-refractivity contribution < 1.29 is 9.59 Å². The van der Waals surface area contributed by atoms with Crippen LogP contribution in [-0.4, -0.2) is 54.3 Å². The van der Waals surface area contributed by atoms with Gasteiger partial charge in [-0.05, 0) is 5.92 Å². The van der Waals surface area contributed by atoms with Crippen molar-refractivity contribution in [1.82, 2.24) is 9.80 Å². The summed E-state index contributed by atoms with van der Waals surface area (Å²) in [6, 6.07) is 0. The number of piperazine rings is 1. The Hall–Kier alpha value is -1.10. The van der Waals surface area contributed by atoms with Gasteiger partial charge in [0.2, 0.25) is 11.8 Å². The third-order valence-corrected chi connectivity index (χ3v) is 2.98. The number of rotatable bonds is 5. The van der Waals surface area contributed by atoms with Gasteiger partial charge in [-0.3, -0.25) is 14.5 Å². The fraction of sp³-hybridized carbons (Fsp3) is 0.833. The topological polar surface area (TPSA) is 66.6 Å². The molecule has 0 bridgehead atoms. The van der Waals surface area contributed by atoms with Crippen LogP contribution < -0.4 is 5.73 Å². The predicted octanol–water partition coefficient (Wildman–Crippen LogP) is 0.0521. The largest absolute Gasteiger partial charge is 0.370 e. The Labute approximate surface area is 103 Å². The summed E-state index contributed by atoms with van der Waals surface area (Å²) in [7, 11) is 0. The number of nitrogens with two attached hydrogens (primary N) is 1. The zero-order valence-corrected chi connectivity index (χ0v) is 10.8. The molecule has 1 heterocycles. The van der Waals surface area contributed by atoms with Crippen molar-refractivity contribution in [2.24, 2.45) is 11.7 Å². The van der Waals surface area contributed by atoms with E-state index in [0.717, 1.165) is 26.2 Å². The third-order valence-electron chi connectivity index (χ3n) is 2.98. The molecule has 98 valence electrons. The lowest BCUT2D eigenvalue weighted by molar-refractivity contribution is -0.134. The van der Waals surface area contributed by atoms with E-state index in [0.29, 0.717) is 25.3 Å². The highest BCUT2D eigenvalue weighted by Gasteiger charge is 2.21. The number of nitrogens with zero attached hydrogens (tertiary/aromatic N) is 2. The first-order valence-electron chi connectivity index (χ1n) is 6.27. The van der Waals surface area contributed by atoms with Crippen LogP contribution in [0.25, 0.3) is 0 Å². The molecule has 0 unspecified atom stereocenters. The van der Waals surface area contributed by atoms with Crippen molar-refractivity contribution in [3.8, 4) is 0 Å².